The fourth-order valence-corrected chi connectivity index (χ4v) is 2.78. The molecule has 162 valence electrons. The van der Waals surface area contributed by atoms with Crippen molar-refractivity contribution in [3.05, 3.63) is 59.2 Å². The van der Waals surface area contributed by atoms with Gasteiger partial charge in [0.05, 0.1) is 39.6 Å². The van der Waals surface area contributed by atoms with Crippen LogP contribution in [0.3, 0.4) is 0 Å². The Hall–Kier alpha value is -3.92. The lowest BCUT2D eigenvalue weighted by molar-refractivity contribution is -0.132. The quantitative estimate of drug-likeness (QED) is 0.259. The predicted octanol–water partition coefficient (Wildman–Crippen LogP) is 4.58. The minimum absolute atomic E-state index is 0.273. The van der Waals surface area contributed by atoms with E-state index in [1.165, 1.54) is 14.0 Å². The number of ether oxygens (including phenoxy) is 4. The van der Waals surface area contributed by atoms with Crippen LogP contribution in [0.5, 0.6) is 23.0 Å². The van der Waals surface area contributed by atoms with Crippen molar-refractivity contribution in [2.75, 3.05) is 27.9 Å². The van der Waals surface area contributed by atoms with Gasteiger partial charge in [-0.1, -0.05) is 12.1 Å². The molecule has 2 aromatic rings. The van der Waals surface area contributed by atoms with Crippen molar-refractivity contribution in [3.8, 4) is 29.1 Å². The number of allylic oxidation sites excluding steroid dienone is 1. The molecule has 0 amide bonds. The number of hydrogen-bond acceptors (Lipinski definition) is 6. The molecule has 0 spiro atoms. The second-order valence-electron chi connectivity index (χ2n) is 6.48. The highest BCUT2D eigenvalue weighted by molar-refractivity contribution is 5.90. The van der Waals surface area contributed by atoms with Crippen LogP contribution in [0, 0.1) is 11.3 Å². The van der Waals surface area contributed by atoms with Gasteiger partial charge in [0.2, 0.25) is 0 Å². The fraction of sp³-hybridized carbons (Fsp3) is 0.250. The van der Waals surface area contributed by atoms with E-state index in [9.17, 15) is 10.1 Å². The molecule has 0 atom stereocenters. The standard InChI is InChI=1S/C24H25NO6/c1-16(24(26)27)6-5-11-31-21-9-7-17(13-22(21)29-3)12-19(15-25)18-8-10-20(28-2)23(14-18)30-4/h6-10,12-14H,5,11H2,1-4H3,(H,26,27). The van der Waals surface area contributed by atoms with Crippen molar-refractivity contribution in [2.24, 2.45) is 0 Å². The smallest absolute Gasteiger partial charge is 0.330 e. The summed E-state index contributed by atoms with van der Waals surface area (Å²) in [5.74, 6) is 1.22. The zero-order valence-corrected chi connectivity index (χ0v) is 18.0. The summed E-state index contributed by atoms with van der Waals surface area (Å²) in [6.45, 7) is 1.85. The lowest BCUT2D eigenvalue weighted by atomic mass is 10.0. The molecular weight excluding hydrogens is 398 g/mol. The van der Waals surface area contributed by atoms with Gasteiger partial charge in [0.15, 0.2) is 23.0 Å². The third-order valence-corrected chi connectivity index (χ3v) is 4.48. The summed E-state index contributed by atoms with van der Waals surface area (Å²) >= 11 is 0. The SMILES string of the molecule is COc1ccc(C(C#N)=Cc2ccc(OCCC=C(C)C(=O)O)c(OC)c2)cc1OC. The van der Waals surface area contributed by atoms with Crippen LogP contribution in [-0.2, 0) is 4.79 Å². The summed E-state index contributed by atoms with van der Waals surface area (Å²) in [5.41, 5.74) is 2.18. The van der Waals surface area contributed by atoms with Crippen molar-refractivity contribution in [1.29, 1.82) is 5.26 Å². The molecule has 0 fully saturated rings. The Labute approximate surface area is 181 Å². The molecule has 7 heteroatoms. The van der Waals surface area contributed by atoms with Crippen LogP contribution in [-0.4, -0.2) is 39.0 Å². The number of nitrogens with zero attached hydrogens (tertiary/aromatic N) is 1. The Balaban J connectivity index is 2.22. The van der Waals surface area contributed by atoms with Gasteiger partial charge in [-0.3, -0.25) is 0 Å². The van der Waals surface area contributed by atoms with E-state index in [1.54, 1.807) is 56.7 Å². The Morgan fingerprint density at radius 2 is 1.65 bits per heavy atom. The Morgan fingerprint density at radius 3 is 2.26 bits per heavy atom. The average molecular weight is 423 g/mol. The Bertz CT molecular complexity index is 1030. The maximum absolute atomic E-state index is 10.8. The number of nitriles is 1. The number of hydrogen-bond donors (Lipinski definition) is 1. The minimum atomic E-state index is -0.948. The van der Waals surface area contributed by atoms with Gasteiger partial charge < -0.3 is 24.1 Å². The van der Waals surface area contributed by atoms with Gasteiger partial charge in [-0.05, 0) is 54.5 Å². The van der Waals surface area contributed by atoms with Crippen LogP contribution in [0.4, 0.5) is 0 Å². The highest BCUT2D eigenvalue weighted by atomic mass is 16.5. The molecule has 0 aliphatic carbocycles. The molecule has 31 heavy (non-hydrogen) atoms. The second kappa shape index (κ2) is 11.3. The topological polar surface area (TPSA) is 98.0 Å². The van der Waals surface area contributed by atoms with E-state index >= 15 is 0 Å². The molecule has 0 radical (unpaired) electrons. The Kier molecular flexibility index (Phi) is 8.52. The van der Waals surface area contributed by atoms with Crippen molar-refractivity contribution < 1.29 is 28.8 Å². The zero-order chi connectivity index (χ0) is 22.8. The third kappa shape index (κ3) is 6.28. The first-order chi connectivity index (χ1) is 14.9. The molecule has 1 N–H and O–H groups in total. The number of benzene rings is 2. The molecule has 0 bridgehead atoms. The lowest BCUT2D eigenvalue weighted by Gasteiger charge is -2.11. The zero-order valence-electron chi connectivity index (χ0n) is 18.0. The Morgan fingerprint density at radius 1 is 1.00 bits per heavy atom. The van der Waals surface area contributed by atoms with Gasteiger partial charge in [0, 0.05) is 12.0 Å². The van der Waals surface area contributed by atoms with Gasteiger partial charge in [-0.15, -0.1) is 0 Å². The van der Waals surface area contributed by atoms with Gasteiger partial charge in [-0.2, -0.15) is 5.26 Å². The van der Waals surface area contributed by atoms with E-state index in [0.717, 1.165) is 5.56 Å². The molecule has 2 rings (SSSR count). The van der Waals surface area contributed by atoms with E-state index in [2.05, 4.69) is 6.07 Å². The summed E-state index contributed by atoms with van der Waals surface area (Å²) in [6, 6.07) is 12.8. The highest BCUT2D eigenvalue weighted by Crippen LogP contribution is 2.33. The van der Waals surface area contributed by atoms with Crippen LogP contribution < -0.4 is 18.9 Å². The van der Waals surface area contributed by atoms with Gasteiger partial charge >= 0.3 is 5.97 Å². The van der Waals surface area contributed by atoms with Crippen molar-refractivity contribution in [2.45, 2.75) is 13.3 Å². The molecule has 0 aliphatic heterocycles. The van der Waals surface area contributed by atoms with E-state index in [1.807, 2.05) is 6.07 Å². The number of carboxylic acids is 1. The maximum Gasteiger partial charge on any atom is 0.330 e. The molecule has 0 saturated carbocycles. The number of carboxylic acid groups (broad SMARTS) is 1. The fourth-order valence-electron chi connectivity index (χ4n) is 2.78. The van der Waals surface area contributed by atoms with E-state index < -0.39 is 5.97 Å². The molecular formula is C24H25NO6. The lowest BCUT2D eigenvalue weighted by Crippen LogP contribution is -2.01. The monoisotopic (exact) mass is 423 g/mol. The highest BCUT2D eigenvalue weighted by Gasteiger charge is 2.10. The average Bonchev–Trinajstić information content (AvgIpc) is 2.79. The molecule has 0 unspecified atom stereocenters. The largest absolute Gasteiger partial charge is 0.493 e. The van der Waals surface area contributed by atoms with Crippen LogP contribution in [0.25, 0.3) is 11.6 Å². The molecule has 0 saturated heterocycles. The predicted molar refractivity (Wildman–Crippen MR) is 118 cm³/mol. The first-order valence-corrected chi connectivity index (χ1v) is 9.48. The summed E-state index contributed by atoms with van der Waals surface area (Å²) in [4.78, 5) is 10.8. The first kappa shape index (κ1) is 23.4. The van der Waals surface area contributed by atoms with Gasteiger partial charge in [0.1, 0.15) is 0 Å². The second-order valence-corrected chi connectivity index (χ2v) is 6.48. The molecule has 0 aliphatic rings. The number of methoxy groups -OCH3 is 3. The molecule has 7 nitrogen and oxygen atoms in total. The van der Waals surface area contributed by atoms with Crippen LogP contribution >= 0.6 is 0 Å². The molecule has 0 aromatic heterocycles. The van der Waals surface area contributed by atoms with Crippen molar-refractivity contribution >= 4 is 17.6 Å². The van der Waals surface area contributed by atoms with E-state index in [-0.39, 0.29) is 5.57 Å². The minimum Gasteiger partial charge on any atom is -0.493 e. The third-order valence-electron chi connectivity index (χ3n) is 4.48. The number of aliphatic carboxylic acids is 1. The summed E-state index contributed by atoms with van der Waals surface area (Å²) in [6.07, 6.45) is 3.81. The summed E-state index contributed by atoms with van der Waals surface area (Å²) in [5, 5.41) is 18.5. The van der Waals surface area contributed by atoms with Crippen molar-refractivity contribution in [3.63, 3.8) is 0 Å². The normalized spacial score (nSPS) is 11.5. The van der Waals surface area contributed by atoms with Crippen molar-refractivity contribution in [1.82, 2.24) is 0 Å². The first-order valence-electron chi connectivity index (χ1n) is 9.48. The van der Waals surface area contributed by atoms with E-state index in [0.29, 0.717) is 47.2 Å². The van der Waals surface area contributed by atoms with Gasteiger partial charge in [-0.25, -0.2) is 4.79 Å². The summed E-state index contributed by atoms with van der Waals surface area (Å²) < 4.78 is 21.7. The number of carbonyl (C=O) groups is 1. The van der Waals surface area contributed by atoms with Gasteiger partial charge in [0.25, 0.3) is 0 Å². The summed E-state index contributed by atoms with van der Waals surface area (Å²) in [7, 11) is 4.63. The maximum atomic E-state index is 10.8. The van der Waals surface area contributed by atoms with Crippen LogP contribution in [0.2, 0.25) is 0 Å². The van der Waals surface area contributed by atoms with Crippen LogP contribution in [0.15, 0.2) is 48.0 Å². The van der Waals surface area contributed by atoms with Crippen LogP contribution in [0.1, 0.15) is 24.5 Å². The molecule has 2 aromatic carbocycles. The number of rotatable bonds is 10. The van der Waals surface area contributed by atoms with E-state index in [4.69, 9.17) is 24.1 Å². The molecule has 0 heterocycles.